The van der Waals surface area contributed by atoms with Crippen LogP contribution in [0.3, 0.4) is 0 Å². The summed E-state index contributed by atoms with van der Waals surface area (Å²) in [4.78, 5) is 10.0. The summed E-state index contributed by atoms with van der Waals surface area (Å²) in [6.45, 7) is 2.49. The lowest BCUT2D eigenvalue weighted by Gasteiger charge is -2.08. The van der Waals surface area contributed by atoms with Gasteiger partial charge in [-0.25, -0.2) is 8.42 Å². The van der Waals surface area contributed by atoms with Gasteiger partial charge in [-0.3, -0.25) is 19.5 Å². The van der Waals surface area contributed by atoms with E-state index in [-0.39, 0.29) is 16.3 Å². The van der Waals surface area contributed by atoms with Crippen molar-refractivity contribution in [2.45, 2.75) is 18.4 Å². The zero-order chi connectivity index (χ0) is 17.0. The van der Waals surface area contributed by atoms with Crippen molar-refractivity contribution in [1.29, 1.82) is 0 Å². The lowest BCUT2D eigenvalue weighted by molar-refractivity contribution is -0.385. The summed E-state index contributed by atoms with van der Waals surface area (Å²) >= 11 is 0. The van der Waals surface area contributed by atoms with Crippen LogP contribution in [0.1, 0.15) is 5.56 Å². The first-order chi connectivity index (χ1) is 10.8. The van der Waals surface area contributed by atoms with Gasteiger partial charge in [-0.15, -0.1) is 0 Å². The number of nitro groups is 1. The van der Waals surface area contributed by atoms with E-state index in [2.05, 4.69) is 9.82 Å². The van der Waals surface area contributed by atoms with E-state index in [0.29, 0.717) is 18.7 Å². The molecule has 0 unspecified atom stereocenters. The molecule has 0 aliphatic rings. The van der Waals surface area contributed by atoms with Crippen LogP contribution in [0.5, 0.6) is 0 Å². The molecule has 0 fully saturated rings. The molecule has 1 aromatic heterocycles. The van der Waals surface area contributed by atoms with Crippen molar-refractivity contribution in [3.8, 4) is 0 Å². The molecule has 124 valence electrons. The summed E-state index contributed by atoms with van der Waals surface area (Å²) in [5.74, 6) is 0. The van der Waals surface area contributed by atoms with Gasteiger partial charge in [0.05, 0.1) is 34.9 Å². The minimum atomic E-state index is -3.95. The second-order valence-electron chi connectivity index (χ2n) is 4.80. The van der Waals surface area contributed by atoms with Crippen LogP contribution in [-0.2, 0) is 21.3 Å². The fourth-order valence-corrected chi connectivity index (χ4v) is 3.22. The number of benzene rings is 1. The quantitative estimate of drug-likeness (QED) is 0.604. The molecular weight excluding hydrogens is 324 g/mol. The topological polar surface area (TPSA) is 116 Å². The molecule has 0 bridgehead atoms. The molecule has 1 N–H and O–H groups in total. The molecule has 23 heavy (non-hydrogen) atoms. The third-order valence-corrected chi connectivity index (χ3v) is 4.61. The predicted molar refractivity (Wildman–Crippen MR) is 82.7 cm³/mol. The van der Waals surface area contributed by atoms with Crippen LogP contribution in [0.2, 0.25) is 0 Å². The lowest BCUT2D eigenvalue weighted by atomic mass is 10.2. The van der Waals surface area contributed by atoms with Gasteiger partial charge >= 0.3 is 0 Å². The minimum absolute atomic E-state index is 0.142. The number of aromatic nitrogens is 2. The number of nitrogens with one attached hydrogen (secondary N) is 1. The van der Waals surface area contributed by atoms with Crippen molar-refractivity contribution < 1.29 is 18.1 Å². The zero-order valence-electron chi connectivity index (χ0n) is 12.6. The smallest absolute Gasteiger partial charge is 0.270 e. The lowest BCUT2D eigenvalue weighted by Crippen LogP contribution is -2.14. The maximum atomic E-state index is 12.4. The summed E-state index contributed by atoms with van der Waals surface area (Å²) in [6.07, 6.45) is 2.88. The van der Waals surface area contributed by atoms with Crippen molar-refractivity contribution >= 4 is 21.4 Å². The summed E-state index contributed by atoms with van der Waals surface area (Å²) in [7, 11) is -2.39. The molecule has 2 aromatic rings. The predicted octanol–water partition coefficient (Wildman–Crippen LogP) is 1.55. The van der Waals surface area contributed by atoms with Crippen LogP contribution in [0.4, 0.5) is 11.4 Å². The fourth-order valence-electron chi connectivity index (χ4n) is 1.93. The van der Waals surface area contributed by atoms with Gasteiger partial charge in [0.25, 0.3) is 15.7 Å². The molecule has 0 radical (unpaired) electrons. The van der Waals surface area contributed by atoms with Crippen molar-refractivity contribution in [1.82, 2.24) is 9.78 Å². The number of hydrogen-bond acceptors (Lipinski definition) is 6. The van der Waals surface area contributed by atoms with Crippen LogP contribution < -0.4 is 4.72 Å². The maximum Gasteiger partial charge on any atom is 0.270 e. The van der Waals surface area contributed by atoms with Gasteiger partial charge in [-0.05, 0) is 12.5 Å². The van der Waals surface area contributed by atoms with Gasteiger partial charge in [0.2, 0.25) is 0 Å². The van der Waals surface area contributed by atoms with Gasteiger partial charge in [0, 0.05) is 25.4 Å². The molecule has 0 saturated heterocycles. The number of sulfonamides is 1. The first-order valence-electron chi connectivity index (χ1n) is 6.63. The van der Waals surface area contributed by atoms with Crippen LogP contribution in [0, 0.1) is 17.0 Å². The Kier molecular flexibility index (Phi) is 4.96. The largest absolute Gasteiger partial charge is 0.383 e. The molecule has 0 saturated carbocycles. The van der Waals surface area contributed by atoms with E-state index in [4.69, 9.17) is 4.74 Å². The number of methoxy groups -OCH3 is 1. The Balaban J connectivity index is 2.26. The number of nitro benzene ring substituents is 1. The van der Waals surface area contributed by atoms with Crippen LogP contribution in [-0.4, -0.2) is 36.8 Å². The average molecular weight is 340 g/mol. The van der Waals surface area contributed by atoms with Gasteiger partial charge in [0.1, 0.15) is 0 Å². The van der Waals surface area contributed by atoms with Crippen LogP contribution in [0.15, 0.2) is 35.5 Å². The minimum Gasteiger partial charge on any atom is -0.383 e. The standard InChI is InChI=1S/C13H16N4O5S/c1-10-3-4-12(17(18)19)7-13(10)23(20,21)15-11-8-14-16(9-11)5-6-22-2/h3-4,7-9,15H,5-6H2,1-2H3. The fraction of sp³-hybridized carbons (Fsp3) is 0.308. The van der Waals surface area contributed by atoms with E-state index in [1.165, 1.54) is 29.2 Å². The monoisotopic (exact) mass is 340 g/mol. The molecule has 0 spiro atoms. The van der Waals surface area contributed by atoms with Crippen molar-refractivity contribution in [3.05, 3.63) is 46.3 Å². The highest BCUT2D eigenvalue weighted by atomic mass is 32.2. The van der Waals surface area contributed by atoms with Crippen molar-refractivity contribution in [2.24, 2.45) is 0 Å². The van der Waals surface area contributed by atoms with E-state index in [1.807, 2.05) is 0 Å². The Morgan fingerprint density at radius 2 is 2.17 bits per heavy atom. The van der Waals surface area contributed by atoms with Gasteiger partial charge in [-0.1, -0.05) is 6.07 Å². The molecule has 1 heterocycles. The molecule has 0 amide bonds. The Morgan fingerprint density at radius 3 is 2.83 bits per heavy atom. The molecular formula is C13H16N4O5S. The van der Waals surface area contributed by atoms with Gasteiger partial charge in [0.15, 0.2) is 0 Å². The molecule has 9 nitrogen and oxygen atoms in total. The molecule has 1 aromatic carbocycles. The summed E-state index contributed by atoms with van der Waals surface area (Å²) in [5, 5.41) is 14.8. The molecule has 0 aliphatic carbocycles. The maximum absolute atomic E-state index is 12.4. The van der Waals surface area contributed by atoms with Gasteiger partial charge < -0.3 is 4.74 Å². The normalized spacial score (nSPS) is 11.4. The average Bonchev–Trinajstić information content (AvgIpc) is 2.91. The number of nitrogens with zero attached hydrogens (tertiary/aromatic N) is 3. The number of hydrogen-bond donors (Lipinski definition) is 1. The molecule has 0 atom stereocenters. The number of aryl methyl sites for hydroxylation is 1. The number of ether oxygens (including phenoxy) is 1. The van der Waals surface area contributed by atoms with E-state index in [9.17, 15) is 18.5 Å². The van der Waals surface area contributed by atoms with E-state index in [0.717, 1.165) is 6.07 Å². The molecule has 0 aliphatic heterocycles. The second-order valence-corrected chi connectivity index (χ2v) is 6.45. The van der Waals surface area contributed by atoms with Crippen LogP contribution in [0.25, 0.3) is 0 Å². The highest BCUT2D eigenvalue weighted by Crippen LogP contribution is 2.23. The van der Waals surface area contributed by atoms with Crippen molar-refractivity contribution in [2.75, 3.05) is 18.4 Å². The second kappa shape index (κ2) is 6.75. The van der Waals surface area contributed by atoms with Crippen molar-refractivity contribution in [3.63, 3.8) is 0 Å². The van der Waals surface area contributed by atoms with E-state index >= 15 is 0 Å². The third-order valence-electron chi connectivity index (χ3n) is 3.08. The highest BCUT2D eigenvalue weighted by molar-refractivity contribution is 7.92. The first-order valence-corrected chi connectivity index (χ1v) is 8.11. The Labute approximate surface area is 133 Å². The first kappa shape index (κ1) is 16.9. The molecule has 10 heteroatoms. The molecule has 2 rings (SSSR count). The Bertz CT molecular complexity index is 816. The summed E-state index contributed by atoms with van der Waals surface area (Å²) in [5.41, 5.74) is 0.397. The number of rotatable bonds is 7. The van der Waals surface area contributed by atoms with Crippen LogP contribution >= 0.6 is 0 Å². The van der Waals surface area contributed by atoms with E-state index in [1.54, 1.807) is 14.0 Å². The highest BCUT2D eigenvalue weighted by Gasteiger charge is 2.21. The Morgan fingerprint density at radius 1 is 1.43 bits per heavy atom. The third kappa shape index (κ3) is 4.05. The number of non-ortho nitro benzene ring substituents is 1. The van der Waals surface area contributed by atoms with Gasteiger partial charge in [-0.2, -0.15) is 5.10 Å². The summed E-state index contributed by atoms with van der Waals surface area (Å²) in [6, 6.07) is 3.69. The van der Waals surface area contributed by atoms with E-state index < -0.39 is 14.9 Å². The number of anilines is 1. The summed E-state index contributed by atoms with van der Waals surface area (Å²) < 4.78 is 33.7. The Hall–Kier alpha value is -2.46. The SMILES string of the molecule is COCCn1cc(NS(=O)(=O)c2cc([N+](=O)[O-])ccc2C)cn1. The zero-order valence-corrected chi connectivity index (χ0v) is 13.4.